The Kier molecular flexibility index (Phi) is 3.50. The minimum Gasteiger partial charge on any atom is -0.326 e. The van der Waals surface area contributed by atoms with Crippen LogP contribution in [0.1, 0.15) is 5.56 Å². The summed E-state index contributed by atoms with van der Waals surface area (Å²) in [4.78, 5) is 0. The summed E-state index contributed by atoms with van der Waals surface area (Å²) in [6.07, 6.45) is 0. The molecule has 0 fully saturated rings. The van der Waals surface area contributed by atoms with Gasteiger partial charge in [-0.2, -0.15) is 0 Å². The fraction of sp³-hybridized carbons (Fsp3) is 0.111. The number of hydrogen-bond donors (Lipinski definition) is 1. The van der Waals surface area contributed by atoms with Crippen LogP contribution in [0.2, 0.25) is 5.02 Å². The van der Waals surface area contributed by atoms with Gasteiger partial charge in [-0.05, 0) is 42.0 Å². The zero-order valence-electron chi connectivity index (χ0n) is 6.80. The largest absolute Gasteiger partial charge is 0.326 e. The molecule has 64 valence electrons. The molecule has 0 saturated carbocycles. The highest BCUT2D eigenvalue weighted by molar-refractivity contribution is 8.03. The Balaban J connectivity index is 2.82. The van der Waals surface area contributed by atoms with Crippen LogP contribution >= 0.6 is 23.5 Å². The quantitative estimate of drug-likeness (QED) is 0.743. The Labute approximate surface area is 81.9 Å². The molecule has 12 heavy (non-hydrogen) atoms. The van der Waals surface area contributed by atoms with E-state index in [1.807, 2.05) is 25.1 Å². The van der Waals surface area contributed by atoms with E-state index >= 15 is 0 Å². The fourth-order valence-corrected chi connectivity index (χ4v) is 1.41. The van der Waals surface area contributed by atoms with Gasteiger partial charge >= 0.3 is 0 Å². The van der Waals surface area contributed by atoms with Gasteiger partial charge in [-0.3, -0.25) is 0 Å². The molecule has 0 aliphatic carbocycles. The van der Waals surface area contributed by atoms with Crippen molar-refractivity contribution < 1.29 is 0 Å². The third-order valence-corrected chi connectivity index (χ3v) is 2.19. The molecule has 0 aliphatic heterocycles. The first-order chi connectivity index (χ1) is 5.74. The predicted molar refractivity (Wildman–Crippen MR) is 57.6 cm³/mol. The first kappa shape index (κ1) is 9.49. The van der Waals surface area contributed by atoms with Gasteiger partial charge in [-0.25, -0.2) is 0 Å². The van der Waals surface area contributed by atoms with E-state index < -0.39 is 0 Å². The van der Waals surface area contributed by atoms with Gasteiger partial charge in [0.2, 0.25) is 0 Å². The summed E-state index contributed by atoms with van der Waals surface area (Å²) in [7, 11) is 0. The van der Waals surface area contributed by atoms with Crippen LogP contribution < -0.4 is 4.72 Å². The third-order valence-electron chi connectivity index (χ3n) is 1.45. The second kappa shape index (κ2) is 4.43. The Bertz CT molecular complexity index is 286. The number of rotatable bonds is 3. The van der Waals surface area contributed by atoms with Crippen LogP contribution in [-0.4, -0.2) is 0 Å². The summed E-state index contributed by atoms with van der Waals surface area (Å²) in [6.45, 7) is 5.63. The van der Waals surface area contributed by atoms with Crippen LogP contribution in [0.4, 0.5) is 5.69 Å². The summed E-state index contributed by atoms with van der Waals surface area (Å²) in [5.74, 6) is 0. The van der Waals surface area contributed by atoms with Crippen molar-refractivity contribution in [1.29, 1.82) is 0 Å². The SMILES string of the molecule is C=CSNc1cc(Cl)ccc1C. The van der Waals surface area contributed by atoms with Gasteiger partial charge in [0.1, 0.15) is 0 Å². The maximum atomic E-state index is 5.82. The van der Waals surface area contributed by atoms with Gasteiger partial charge in [0.15, 0.2) is 0 Å². The zero-order valence-corrected chi connectivity index (χ0v) is 8.38. The molecule has 1 aromatic rings. The fourth-order valence-electron chi connectivity index (χ4n) is 0.809. The Morgan fingerprint density at radius 3 is 3.00 bits per heavy atom. The molecule has 0 radical (unpaired) electrons. The first-order valence-electron chi connectivity index (χ1n) is 3.53. The first-order valence-corrected chi connectivity index (χ1v) is 4.78. The highest BCUT2D eigenvalue weighted by atomic mass is 35.5. The highest BCUT2D eigenvalue weighted by Crippen LogP contribution is 2.22. The number of hydrogen-bond acceptors (Lipinski definition) is 2. The average Bonchev–Trinajstić information content (AvgIpc) is 2.07. The van der Waals surface area contributed by atoms with Crippen LogP contribution in [0.3, 0.4) is 0 Å². The van der Waals surface area contributed by atoms with Gasteiger partial charge in [-0.1, -0.05) is 24.2 Å². The molecule has 1 nitrogen and oxygen atoms in total. The lowest BCUT2D eigenvalue weighted by atomic mass is 10.2. The molecule has 1 N–H and O–H groups in total. The van der Waals surface area contributed by atoms with Crippen molar-refractivity contribution in [3.8, 4) is 0 Å². The lowest BCUT2D eigenvalue weighted by molar-refractivity contribution is 1.47. The van der Waals surface area contributed by atoms with Gasteiger partial charge in [-0.15, -0.1) is 0 Å². The molecule has 0 heterocycles. The molecule has 0 unspecified atom stereocenters. The average molecular weight is 200 g/mol. The molecular weight excluding hydrogens is 190 g/mol. The van der Waals surface area contributed by atoms with Crippen LogP contribution in [0.15, 0.2) is 30.2 Å². The number of halogens is 1. The Morgan fingerprint density at radius 2 is 2.33 bits per heavy atom. The monoisotopic (exact) mass is 199 g/mol. The van der Waals surface area contributed by atoms with Crippen LogP contribution in [0.5, 0.6) is 0 Å². The lowest BCUT2D eigenvalue weighted by Crippen LogP contribution is -1.87. The topological polar surface area (TPSA) is 12.0 Å². The van der Waals surface area contributed by atoms with Crippen molar-refractivity contribution in [3.63, 3.8) is 0 Å². The molecule has 0 spiro atoms. The van der Waals surface area contributed by atoms with E-state index in [1.54, 1.807) is 5.41 Å². The predicted octanol–water partition coefficient (Wildman–Crippen LogP) is 3.85. The Morgan fingerprint density at radius 1 is 1.58 bits per heavy atom. The molecular formula is C9H10ClNS. The number of anilines is 1. The maximum absolute atomic E-state index is 5.82. The van der Waals surface area contributed by atoms with Gasteiger partial charge < -0.3 is 4.72 Å². The zero-order chi connectivity index (χ0) is 8.97. The minimum absolute atomic E-state index is 0.743. The van der Waals surface area contributed by atoms with Crippen LogP contribution in [0, 0.1) is 6.92 Å². The molecule has 0 bridgehead atoms. The summed E-state index contributed by atoms with van der Waals surface area (Å²) in [5.41, 5.74) is 2.21. The standard InChI is InChI=1S/C9H10ClNS/c1-3-12-11-9-6-8(10)5-4-7(9)2/h3-6,11H,1H2,2H3. The van der Waals surface area contributed by atoms with Crippen molar-refractivity contribution >= 4 is 29.2 Å². The molecule has 1 rings (SSSR count). The smallest absolute Gasteiger partial charge is 0.0487 e. The number of aryl methyl sites for hydroxylation is 1. The van der Waals surface area contributed by atoms with Crippen molar-refractivity contribution in [1.82, 2.24) is 0 Å². The van der Waals surface area contributed by atoms with Crippen LogP contribution in [-0.2, 0) is 0 Å². The van der Waals surface area contributed by atoms with E-state index in [0.29, 0.717) is 0 Å². The minimum atomic E-state index is 0.743. The molecule has 1 aromatic carbocycles. The van der Waals surface area contributed by atoms with Crippen molar-refractivity contribution in [2.75, 3.05) is 4.72 Å². The molecule has 3 heteroatoms. The number of benzene rings is 1. The van der Waals surface area contributed by atoms with E-state index in [1.165, 1.54) is 17.5 Å². The Hall–Kier alpha value is -0.600. The van der Waals surface area contributed by atoms with E-state index in [0.717, 1.165) is 10.7 Å². The van der Waals surface area contributed by atoms with E-state index in [-0.39, 0.29) is 0 Å². The molecule has 0 aliphatic rings. The summed E-state index contributed by atoms with van der Waals surface area (Å²) in [6, 6.07) is 5.75. The third kappa shape index (κ3) is 2.47. The second-order valence-corrected chi connectivity index (χ2v) is 3.56. The normalized spacial score (nSPS) is 9.50. The van der Waals surface area contributed by atoms with Gasteiger partial charge in [0, 0.05) is 10.7 Å². The second-order valence-electron chi connectivity index (χ2n) is 2.35. The molecule has 0 atom stereocenters. The summed E-state index contributed by atoms with van der Waals surface area (Å²) in [5, 5.41) is 2.48. The van der Waals surface area contributed by atoms with Gasteiger partial charge in [0.25, 0.3) is 0 Å². The van der Waals surface area contributed by atoms with E-state index in [4.69, 9.17) is 11.6 Å². The summed E-state index contributed by atoms with van der Waals surface area (Å²) < 4.78 is 3.12. The van der Waals surface area contributed by atoms with Crippen molar-refractivity contribution in [2.45, 2.75) is 6.92 Å². The number of nitrogens with one attached hydrogen (secondary N) is 1. The molecule has 0 amide bonds. The maximum Gasteiger partial charge on any atom is 0.0487 e. The molecule has 0 saturated heterocycles. The molecule has 0 aromatic heterocycles. The van der Waals surface area contributed by atoms with E-state index in [9.17, 15) is 0 Å². The lowest BCUT2D eigenvalue weighted by Gasteiger charge is -2.05. The van der Waals surface area contributed by atoms with E-state index in [2.05, 4.69) is 11.3 Å². The van der Waals surface area contributed by atoms with Gasteiger partial charge in [0.05, 0.1) is 0 Å². The van der Waals surface area contributed by atoms with Crippen molar-refractivity contribution in [2.24, 2.45) is 0 Å². The van der Waals surface area contributed by atoms with Crippen LogP contribution in [0.25, 0.3) is 0 Å². The summed E-state index contributed by atoms with van der Waals surface area (Å²) >= 11 is 7.26. The van der Waals surface area contributed by atoms with Crippen molar-refractivity contribution in [3.05, 3.63) is 40.8 Å². The highest BCUT2D eigenvalue weighted by Gasteiger charge is 1.96.